The van der Waals surface area contributed by atoms with E-state index in [1.807, 2.05) is 0 Å². The molecule has 2 aromatic heterocycles. The molecule has 10 heteroatoms. The molecule has 0 radical (unpaired) electrons. The molecule has 3 N–H and O–H groups in total. The normalized spacial score (nSPS) is 13.4. The number of rotatable bonds is 6. The molecule has 1 aromatic carbocycles. The molecule has 0 bridgehead atoms. The van der Waals surface area contributed by atoms with Gasteiger partial charge in [0.25, 0.3) is 5.91 Å². The van der Waals surface area contributed by atoms with Gasteiger partial charge >= 0.3 is 0 Å². The molecular formula is C17H18N6O4. The first kappa shape index (κ1) is 16.9. The fourth-order valence-electron chi connectivity index (χ4n) is 2.57. The Morgan fingerprint density at radius 3 is 2.93 bits per heavy atom. The lowest BCUT2D eigenvalue weighted by Gasteiger charge is -2.08. The van der Waals surface area contributed by atoms with E-state index in [0.717, 1.165) is 0 Å². The smallest absolute Gasteiger partial charge is 0.272 e. The van der Waals surface area contributed by atoms with E-state index in [1.54, 1.807) is 38.1 Å². The van der Waals surface area contributed by atoms with E-state index in [9.17, 15) is 4.79 Å². The van der Waals surface area contributed by atoms with Crippen LogP contribution in [-0.2, 0) is 6.61 Å². The number of fused-ring (bicyclic) bond motifs is 1. The second-order valence-electron chi connectivity index (χ2n) is 6.06. The molecule has 0 spiro atoms. The standard InChI is InChI=1S/C17H18N6O4/c1-9(16-19-10(2)20-23-16)18-17(24)13-5-11(21-22-13)7-25-12-3-4-14-15(6-12)27-8-26-14/h3-6,9H,7-8H2,1-2H3,(H,18,24)(H,21,22)(H,19,20,23)/t9-/m0/s1. The van der Waals surface area contributed by atoms with Crippen molar-refractivity contribution >= 4 is 5.91 Å². The number of H-pyrrole nitrogens is 2. The Labute approximate surface area is 154 Å². The highest BCUT2D eigenvalue weighted by molar-refractivity contribution is 5.92. The van der Waals surface area contributed by atoms with Crippen molar-refractivity contribution in [2.45, 2.75) is 26.5 Å². The van der Waals surface area contributed by atoms with Gasteiger partial charge in [-0.1, -0.05) is 0 Å². The van der Waals surface area contributed by atoms with Crippen molar-refractivity contribution < 1.29 is 19.0 Å². The number of hydrogen-bond donors (Lipinski definition) is 3. The van der Waals surface area contributed by atoms with Crippen molar-refractivity contribution in [2.24, 2.45) is 0 Å². The van der Waals surface area contributed by atoms with Gasteiger partial charge in [0.15, 0.2) is 17.3 Å². The van der Waals surface area contributed by atoms with E-state index in [-0.39, 0.29) is 31.0 Å². The molecule has 3 aromatic rings. The molecule has 0 saturated carbocycles. The third-order valence-corrected chi connectivity index (χ3v) is 3.95. The fourth-order valence-corrected chi connectivity index (χ4v) is 2.57. The Morgan fingerprint density at radius 1 is 1.26 bits per heavy atom. The third kappa shape index (κ3) is 3.68. The number of hydrogen-bond acceptors (Lipinski definition) is 7. The molecule has 1 aliphatic rings. The van der Waals surface area contributed by atoms with Crippen molar-refractivity contribution in [3.8, 4) is 17.2 Å². The van der Waals surface area contributed by atoms with Gasteiger partial charge < -0.3 is 19.5 Å². The average Bonchev–Trinajstić information content (AvgIpc) is 3.39. The molecule has 0 saturated heterocycles. The van der Waals surface area contributed by atoms with Gasteiger partial charge in [-0.15, -0.1) is 0 Å². The molecule has 4 rings (SSSR count). The topological polar surface area (TPSA) is 127 Å². The summed E-state index contributed by atoms with van der Waals surface area (Å²) in [5, 5.41) is 16.4. The molecule has 1 aliphatic heterocycles. The Balaban J connectivity index is 1.34. The van der Waals surface area contributed by atoms with Crippen LogP contribution in [-0.4, -0.2) is 38.1 Å². The van der Waals surface area contributed by atoms with E-state index in [1.165, 1.54) is 0 Å². The second-order valence-corrected chi connectivity index (χ2v) is 6.06. The minimum atomic E-state index is -0.340. The van der Waals surface area contributed by atoms with E-state index in [2.05, 4.69) is 30.7 Å². The van der Waals surface area contributed by atoms with Gasteiger partial charge in [0.2, 0.25) is 6.79 Å². The molecule has 3 heterocycles. The number of amides is 1. The predicted molar refractivity (Wildman–Crippen MR) is 92.5 cm³/mol. The number of carbonyl (C=O) groups is 1. The van der Waals surface area contributed by atoms with Crippen LogP contribution in [0, 0.1) is 6.92 Å². The number of benzene rings is 1. The number of nitrogens with zero attached hydrogens (tertiary/aromatic N) is 3. The summed E-state index contributed by atoms with van der Waals surface area (Å²) in [6.45, 7) is 4.04. The summed E-state index contributed by atoms with van der Waals surface area (Å²) < 4.78 is 16.3. The summed E-state index contributed by atoms with van der Waals surface area (Å²) in [6, 6.07) is 6.63. The zero-order valence-corrected chi connectivity index (χ0v) is 14.8. The quantitative estimate of drug-likeness (QED) is 0.602. The number of aromatic amines is 2. The minimum Gasteiger partial charge on any atom is -0.487 e. The van der Waals surface area contributed by atoms with Gasteiger partial charge in [0.05, 0.1) is 11.7 Å². The van der Waals surface area contributed by atoms with Gasteiger partial charge in [0.1, 0.15) is 23.9 Å². The van der Waals surface area contributed by atoms with E-state index < -0.39 is 0 Å². The van der Waals surface area contributed by atoms with Crippen LogP contribution in [0.4, 0.5) is 0 Å². The summed E-state index contributed by atoms with van der Waals surface area (Å²) in [5.41, 5.74) is 0.928. The summed E-state index contributed by atoms with van der Waals surface area (Å²) in [7, 11) is 0. The highest BCUT2D eigenvalue weighted by Gasteiger charge is 2.18. The molecule has 1 amide bonds. The third-order valence-electron chi connectivity index (χ3n) is 3.95. The maximum atomic E-state index is 12.3. The summed E-state index contributed by atoms with van der Waals surface area (Å²) in [5.74, 6) is 2.85. The Bertz CT molecular complexity index is 966. The van der Waals surface area contributed by atoms with Crippen molar-refractivity contribution in [1.82, 2.24) is 30.7 Å². The predicted octanol–water partition coefficient (Wildman–Crippen LogP) is 1.63. The molecule has 0 aliphatic carbocycles. The van der Waals surface area contributed by atoms with Crippen LogP contribution < -0.4 is 19.5 Å². The van der Waals surface area contributed by atoms with Gasteiger partial charge in [-0.05, 0) is 32.0 Å². The van der Waals surface area contributed by atoms with Crippen LogP contribution in [0.25, 0.3) is 0 Å². The lowest BCUT2D eigenvalue weighted by Crippen LogP contribution is -2.27. The van der Waals surface area contributed by atoms with Gasteiger partial charge in [-0.2, -0.15) is 10.2 Å². The number of aromatic nitrogens is 5. The van der Waals surface area contributed by atoms with Gasteiger partial charge in [-0.25, -0.2) is 4.98 Å². The first-order valence-electron chi connectivity index (χ1n) is 8.35. The first-order valence-corrected chi connectivity index (χ1v) is 8.35. The summed E-state index contributed by atoms with van der Waals surface area (Å²) >= 11 is 0. The SMILES string of the molecule is Cc1nc([C@H](C)NC(=O)c2cc(COc3ccc4c(c3)OCO4)[nH]n2)n[nH]1. The van der Waals surface area contributed by atoms with Crippen molar-refractivity contribution in [1.29, 1.82) is 0 Å². The lowest BCUT2D eigenvalue weighted by atomic mass is 10.3. The summed E-state index contributed by atoms with van der Waals surface area (Å²) in [6.07, 6.45) is 0. The first-order chi connectivity index (χ1) is 13.1. The highest BCUT2D eigenvalue weighted by atomic mass is 16.7. The monoisotopic (exact) mass is 370 g/mol. The summed E-state index contributed by atoms with van der Waals surface area (Å²) in [4.78, 5) is 16.5. The average molecular weight is 370 g/mol. The number of carbonyl (C=O) groups excluding carboxylic acids is 1. The van der Waals surface area contributed by atoms with E-state index in [0.29, 0.717) is 34.6 Å². The van der Waals surface area contributed by atoms with Crippen LogP contribution in [0.5, 0.6) is 17.2 Å². The Morgan fingerprint density at radius 2 is 2.11 bits per heavy atom. The molecule has 10 nitrogen and oxygen atoms in total. The molecular weight excluding hydrogens is 352 g/mol. The van der Waals surface area contributed by atoms with Crippen molar-refractivity contribution in [3.05, 3.63) is 47.3 Å². The van der Waals surface area contributed by atoms with Crippen LogP contribution in [0.2, 0.25) is 0 Å². The zero-order valence-electron chi connectivity index (χ0n) is 14.8. The molecule has 1 atom stereocenters. The van der Waals surface area contributed by atoms with E-state index in [4.69, 9.17) is 14.2 Å². The van der Waals surface area contributed by atoms with Crippen LogP contribution in [0.1, 0.15) is 40.8 Å². The van der Waals surface area contributed by atoms with E-state index >= 15 is 0 Å². The largest absolute Gasteiger partial charge is 0.487 e. The van der Waals surface area contributed by atoms with Crippen LogP contribution in [0.15, 0.2) is 24.3 Å². The maximum Gasteiger partial charge on any atom is 0.272 e. The van der Waals surface area contributed by atoms with Crippen molar-refractivity contribution in [3.63, 3.8) is 0 Å². The number of nitrogens with one attached hydrogen (secondary N) is 3. The van der Waals surface area contributed by atoms with Gasteiger partial charge in [-0.3, -0.25) is 15.0 Å². The Hall–Kier alpha value is -3.56. The molecule has 140 valence electrons. The van der Waals surface area contributed by atoms with Gasteiger partial charge in [0, 0.05) is 6.07 Å². The number of ether oxygens (including phenoxy) is 3. The second kappa shape index (κ2) is 6.98. The zero-order chi connectivity index (χ0) is 18.8. The number of aryl methyl sites for hydroxylation is 1. The maximum absolute atomic E-state index is 12.3. The Kier molecular flexibility index (Phi) is 4.37. The molecule has 27 heavy (non-hydrogen) atoms. The molecule has 0 unspecified atom stereocenters. The van der Waals surface area contributed by atoms with Crippen LogP contribution >= 0.6 is 0 Å². The van der Waals surface area contributed by atoms with Crippen LogP contribution in [0.3, 0.4) is 0 Å². The molecule has 0 fully saturated rings. The fraction of sp³-hybridized carbons (Fsp3) is 0.294. The lowest BCUT2D eigenvalue weighted by molar-refractivity contribution is 0.0933. The highest BCUT2D eigenvalue weighted by Crippen LogP contribution is 2.35. The van der Waals surface area contributed by atoms with Crippen molar-refractivity contribution in [2.75, 3.05) is 6.79 Å². The minimum absolute atomic E-state index is 0.212.